The highest BCUT2D eigenvalue weighted by molar-refractivity contribution is 6.06. The fourth-order valence-corrected chi connectivity index (χ4v) is 2.93. The molecule has 4 nitrogen and oxygen atoms in total. The number of carbonyl (C=O) groups is 1. The van der Waals surface area contributed by atoms with Gasteiger partial charge in [-0.1, -0.05) is 13.0 Å². The molecule has 1 aliphatic rings. The molecule has 1 aromatic carbocycles. The zero-order valence-corrected chi connectivity index (χ0v) is 13.2. The van der Waals surface area contributed by atoms with E-state index in [1.807, 2.05) is 19.1 Å². The van der Waals surface area contributed by atoms with Gasteiger partial charge in [-0.25, -0.2) is 0 Å². The standard InChI is InChI=1S/C18H22N2O2/c1-3-13-6-7-17-15(10-13)16(9-12(2)19-17)18(21)20-14-5-4-8-22-11-14/h6-7,9-10,14H,3-5,8,11H2,1-2H3,(H,20,21). The number of hydrogen-bond acceptors (Lipinski definition) is 3. The molecule has 1 saturated heterocycles. The number of amides is 1. The number of fused-ring (bicyclic) bond motifs is 1. The topological polar surface area (TPSA) is 51.2 Å². The predicted octanol–water partition coefficient (Wildman–Crippen LogP) is 3.01. The van der Waals surface area contributed by atoms with E-state index in [1.54, 1.807) is 0 Å². The molecule has 22 heavy (non-hydrogen) atoms. The van der Waals surface area contributed by atoms with Crippen molar-refractivity contribution in [2.75, 3.05) is 13.2 Å². The molecule has 1 aromatic heterocycles. The van der Waals surface area contributed by atoms with Crippen LogP contribution in [0.3, 0.4) is 0 Å². The van der Waals surface area contributed by atoms with Crippen LogP contribution in [0.15, 0.2) is 24.3 Å². The van der Waals surface area contributed by atoms with Crippen LogP contribution in [0.25, 0.3) is 10.9 Å². The van der Waals surface area contributed by atoms with Crippen LogP contribution >= 0.6 is 0 Å². The van der Waals surface area contributed by atoms with E-state index in [-0.39, 0.29) is 11.9 Å². The molecule has 1 N–H and O–H groups in total. The predicted molar refractivity (Wildman–Crippen MR) is 87.2 cm³/mol. The summed E-state index contributed by atoms with van der Waals surface area (Å²) in [7, 11) is 0. The van der Waals surface area contributed by atoms with Gasteiger partial charge in [0.2, 0.25) is 0 Å². The Kier molecular flexibility index (Phi) is 4.39. The third-order valence-corrected chi connectivity index (χ3v) is 4.15. The van der Waals surface area contributed by atoms with Gasteiger partial charge in [0.1, 0.15) is 0 Å². The lowest BCUT2D eigenvalue weighted by Gasteiger charge is -2.23. The first-order valence-corrected chi connectivity index (χ1v) is 7.96. The number of benzene rings is 1. The van der Waals surface area contributed by atoms with Crippen molar-refractivity contribution < 1.29 is 9.53 Å². The second kappa shape index (κ2) is 6.44. The van der Waals surface area contributed by atoms with Gasteiger partial charge in [-0.3, -0.25) is 9.78 Å². The largest absolute Gasteiger partial charge is 0.379 e. The van der Waals surface area contributed by atoms with E-state index in [0.29, 0.717) is 12.2 Å². The van der Waals surface area contributed by atoms with E-state index in [9.17, 15) is 4.79 Å². The first-order chi connectivity index (χ1) is 10.7. The maximum atomic E-state index is 12.7. The molecule has 2 heterocycles. The van der Waals surface area contributed by atoms with Crippen molar-refractivity contribution in [2.45, 2.75) is 39.2 Å². The summed E-state index contributed by atoms with van der Waals surface area (Å²) < 4.78 is 5.44. The zero-order valence-electron chi connectivity index (χ0n) is 13.2. The van der Waals surface area contributed by atoms with Gasteiger partial charge in [0.25, 0.3) is 5.91 Å². The van der Waals surface area contributed by atoms with E-state index in [1.165, 1.54) is 5.56 Å². The normalized spacial score (nSPS) is 18.4. The minimum Gasteiger partial charge on any atom is -0.379 e. The first-order valence-electron chi connectivity index (χ1n) is 7.96. The monoisotopic (exact) mass is 298 g/mol. The minimum atomic E-state index is -0.0285. The Morgan fingerprint density at radius 2 is 2.27 bits per heavy atom. The minimum absolute atomic E-state index is 0.0285. The summed E-state index contributed by atoms with van der Waals surface area (Å²) >= 11 is 0. The molecule has 1 amide bonds. The van der Waals surface area contributed by atoms with Gasteiger partial charge < -0.3 is 10.1 Å². The molecule has 1 fully saturated rings. The van der Waals surface area contributed by atoms with Crippen molar-refractivity contribution >= 4 is 16.8 Å². The fourth-order valence-electron chi connectivity index (χ4n) is 2.93. The van der Waals surface area contributed by atoms with Crippen LogP contribution in [0.4, 0.5) is 0 Å². The number of nitrogens with one attached hydrogen (secondary N) is 1. The number of aryl methyl sites for hydroxylation is 2. The maximum Gasteiger partial charge on any atom is 0.252 e. The number of hydrogen-bond donors (Lipinski definition) is 1. The van der Waals surface area contributed by atoms with E-state index in [2.05, 4.69) is 29.4 Å². The summed E-state index contributed by atoms with van der Waals surface area (Å²) in [5.74, 6) is -0.0285. The molecule has 1 unspecified atom stereocenters. The first kappa shape index (κ1) is 15.0. The van der Waals surface area contributed by atoms with Gasteiger partial charge in [0.05, 0.1) is 23.7 Å². The number of aromatic nitrogens is 1. The zero-order chi connectivity index (χ0) is 15.5. The van der Waals surface area contributed by atoms with Crippen molar-refractivity contribution in [2.24, 2.45) is 0 Å². The van der Waals surface area contributed by atoms with Crippen molar-refractivity contribution in [3.63, 3.8) is 0 Å². The Morgan fingerprint density at radius 3 is 3.00 bits per heavy atom. The number of carbonyl (C=O) groups excluding carboxylic acids is 1. The summed E-state index contributed by atoms with van der Waals surface area (Å²) in [6, 6.07) is 8.14. The van der Waals surface area contributed by atoms with E-state index < -0.39 is 0 Å². The van der Waals surface area contributed by atoms with Crippen LogP contribution in [-0.2, 0) is 11.2 Å². The highest BCUT2D eigenvalue weighted by Crippen LogP contribution is 2.21. The summed E-state index contributed by atoms with van der Waals surface area (Å²) in [4.78, 5) is 17.2. The Bertz CT molecular complexity index is 691. The van der Waals surface area contributed by atoms with E-state index in [4.69, 9.17) is 4.74 Å². The van der Waals surface area contributed by atoms with Crippen LogP contribution < -0.4 is 5.32 Å². The lowest BCUT2D eigenvalue weighted by molar-refractivity contribution is 0.0625. The Hall–Kier alpha value is -1.94. The van der Waals surface area contributed by atoms with Crippen LogP contribution in [-0.4, -0.2) is 30.1 Å². The number of pyridine rings is 1. The lowest BCUT2D eigenvalue weighted by Crippen LogP contribution is -2.40. The van der Waals surface area contributed by atoms with Crippen LogP contribution in [0, 0.1) is 6.92 Å². The van der Waals surface area contributed by atoms with Crippen molar-refractivity contribution in [3.05, 3.63) is 41.1 Å². The summed E-state index contributed by atoms with van der Waals surface area (Å²) in [5.41, 5.74) is 3.67. The van der Waals surface area contributed by atoms with Crippen LogP contribution in [0.2, 0.25) is 0 Å². The lowest BCUT2D eigenvalue weighted by atomic mass is 10.0. The Morgan fingerprint density at radius 1 is 1.41 bits per heavy atom. The molecular weight excluding hydrogens is 276 g/mol. The van der Waals surface area contributed by atoms with Crippen LogP contribution in [0.5, 0.6) is 0 Å². The molecule has 0 aliphatic carbocycles. The highest BCUT2D eigenvalue weighted by Gasteiger charge is 2.19. The molecule has 1 aliphatic heterocycles. The van der Waals surface area contributed by atoms with E-state index >= 15 is 0 Å². The highest BCUT2D eigenvalue weighted by atomic mass is 16.5. The molecule has 116 valence electrons. The molecule has 0 saturated carbocycles. The van der Waals surface area contributed by atoms with E-state index in [0.717, 1.165) is 42.5 Å². The quantitative estimate of drug-likeness (QED) is 0.947. The Labute approximate surface area is 130 Å². The summed E-state index contributed by atoms with van der Waals surface area (Å²) in [6.45, 7) is 5.44. The maximum absolute atomic E-state index is 12.7. The molecule has 3 rings (SSSR count). The number of rotatable bonds is 3. The average molecular weight is 298 g/mol. The summed E-state index contributed by atoms with van der Waals surface area (Å²) in [6.07, 6.45) is 2.93. The van der Waals surface area contributed by atoms with Gasteiger partial charge in [0, 0.05) is 17.7 Å². The average Bonchev–Trinajstić information content (AvgIpc) is 2.54. The molecular formula is C18H22N2O2. The van der Waals surface area contributed by atoms with Gasteiger partial charge >= 0.3 is 0 Å². The molecule has 2 aromatic rings. The van der Waals surface area contributed by atoms with Crippen molar-refractivity contribution in [1.29, 1.82) is 0 Å². The molecule has 4 heteroatoms. The van der Waals surface area contributed by atoms with Gasteiger partial charge in [-0.05, 0) is 49.9 Å². The number of ether oxygens (including phenoxy) is 1. The third kappa shape index (κ3) is 3.12. The van der Waals surface area contributed by atoms with Gasteiger partial charge in [0.15, 0.2) is 0 Å². The molecule has 1 atom stereocenters. The smallest absolute Gasteiger partial charge is 0.252 e. The molecule has 0 bridgehead atoms. The summed E-state index contributed by atoms with van der Waals surface area (Å²) in [5, 5.41) is 4.03. The second-order valence-corrected chi connectivity index (χ2v) is 5.90. The number of nitrogens with zero attached hydrogens (tertiary/aromatic N) is 1. The molecule has 0 spiro atoms. The Balaban J connectivity index is 1.95. The van der Waals surface area contributed by atoms with Gasteiger partial charge in [-0.15, -0.1) is 0 Å². The van der Waals surface area contributed by atoms with Crippen molar-refractivity contribution in [3.8, 4) is 0 Å². The van der Waals surface area contributed by atoms with Crippen molar-refractivity contribution in [1.82, 2.24) is 10.3 Å². The second-order valence-electron chi connectivity index (χ2n) is 5.90. The third-order valence-electron chi connectivity index (χ3n) is 4.15. The molecule has 0 radical (unpaired) electrons. The SMILES string of the molecule is CCc1ccc2nc(C)cc(C(=O)NC3CCCOC3)c2c1. The van der Waals surface area contributed by atoms with Gasteiger partial charge in [-0.2, -0.15) is 0 Å². The van der Waals surface area contributed by atoms with Crippen LogP contribution in [0.1, 0.15) is 41.4 Å². The fraction of sp³-hybridized carbons (Fsp3) is 0.444.